The summed E-state index contributed by atoms with van der Waals surface area (Å²) in [5.74, 6) is 1.05. The number of carbonyl (C=O) groups excluding carboxylic acids is 1. The molecule has 0 fully saturated rings. The molecule has 1 aromatic rings. The van der Waals surface area contributed by atoms with Gasteiger partial charge in [-0.05, 0) is 24.1 Å². The number of halogens is 1. The molecule has 0 heterocycles. The van der Waals surface area contributed by atoms with Gasteiger partial charge in [-0.15, -0.1) is 0 Å². The minimum atomic E-state index is 0.426. The van der Waals surface area contributed by atoms with E-state index in [4.69, 9.17) is 21.1 Å². The van der Waals surface area contributed by atoms with Crippen LogP contribution in [0.4, 0.5) is 0 Å². The Morgan fingerprint density at radius 2 is 2.12 bits per heavy atom. The van der Waals surface area contributed by atoms with Gasteiger partial charge >= 0.3 is 0 Å². The number of carbonyl (C=O) groups is 1. The van der Waals surface area contributed by atoms with Gasteiger partial charge in [0.05, 0.1) is 12.2 Å². The third-order valence-electron chi connectivity index (χ3n) is 2.04. The van der Waals surface area contributed by atoms with Crippen LogP contribution >= 0.6 is 11.6 Å². The van der Waals surface area contributed by atoms with E-state index in [2.05, 4.69) is 13.8 Å². The first-order valence-electron chi connectivity index (χ1n) is 5.58. The Bertz CT molecular complexity index is 364. The molecule has 0 bridgehead atoms. The van der Waals surface area contributed by atoms with Crippen LogP contribution in [0.25, 0.3) is 0 Å². The maximum atomic E-state index is 10.8. The van der Waals surface area contributed by atoms with Crippen molar-refractivity contribution in [2.45, 2.75) is 13.8 Å². The standard InChI is InChI=1S/C13H17ClO3/c1-10(2)9-16-5-6-17-13-4-3-12(14)7-11(13)8-15/h3-4,7-8,10H,5-6,9H2,1-2H3. The van der Waals surface area contributed by atoms with Crippen LogP contribution in [-0.4, -0.2) is 26.1 Å². The smallest absolute Gasteiger partial charge is 0.153 e. The van der Waals surface area contributed by atoms with Crippen LogP contribution in [0, 0.1) is 5.92 Å². The fourth-order valence-electron chi connectivity index (χ4n) is 1.27. The summed E-state index contributed by atoms with van der Waals surface area (Å²) in [6, 6.07) is 4.96. The van der Waals surface area contributed by atoms with Crippen molar-refractivity contribution in [2.24, 2.45) is 5.92 Å². The molecule has 0 aliphatic rings. The molecule has 0 saturated heterocycles. The Balaban J connectivity index is 2.38. The second-order valence-electron chi connectivity index (χ2n) is 4.12. The van der Waals surface area contributed by atoms with Crippen LogP contribution < -0.4 is 4.74 Å². The normalized spacial score (nSPS) is 10.6. The summed E-state index contributed by atoms with van der Waals surface area (Å²) in [6.07, 6.45) is 0.732. The Morgan fingerprint density at radius 3 is 2.76 bits per heavy atom. The third kappa shape index (κ3) is 5.20. The molecule has 0 aliphatic heterocycles. The van der Waals surface area contributed by atoms with Crippen LogP contribution in [0.15, 0.2) is 18.2 Å². The highest BCUT2D eigenvalue weighted by molar-refractivity contribution is 6.30. The second kappa shape index (κ2) is 7.30. The lowest BCUT2D eigenvalue weighted by atomic mass is 10.2. The van der Waals surface area contributed by atoms with Gasteiger partial charge in [0.25, 0.3) is 0 Å². The summed E-state index contributed by atoms with van der Waals surface area (Å²) in [5.41, 5.74) is 0.460. The maximum Gasteiger partial charge on any atom is 0.153 e. The lowest BCUT2D eigenvalue weighted by Gasteiger charge is -2.10. The molecule has 0 amide bonds. The average molecular weight is 257 g/mol. The van der Waals surface area contributed by atoms with Crippen LogP contribution in [0.2, 0.25) is 5.02 Å². The molecule has 0 spiro atoms. The highest BCUT2D eigenvalue weighted by atomic mass is 35.5. The van der Waals surface area contributed by atoms with Crippen molar-refractivity contribution in [3.8, 4) is 5.75 Å². The van der Waals surface area contributed by atoms with Gasteiger partial charge in [0.2, 0.25) is 0 Å². The van der Waals surface area contributed by atoms with E-state index in [0.29, 0.717) is 42.1 Å². The molecule has 0 radical (unpaired) electrons. The van der Waals surface area contributed by atoms with E-state index in [0.717, 1.165) is 6.29 Å². The topological polar surface area (TPSA) is 35.5 Å². The Kier molecular flexibility index (Phi) is 6.01. The van der Waals surface area contributed by atoms with Crippen molar-refractivity contribution < 1.29 is 14.3 Å². The van der Waals surface area contributed by atoms with Crippen molar-refractivity contribution in [1.29, 1.82) is 0 Å². The summed E-state index contributed by atoms with van der Waals surface area (Å²) in [4.78, 5) is 10.8. The van der Waals surface area contributed by atoms with E-state index >= 15 is 0 Å². The summed E-state index contributed by atoms with van der Waals surface area (Å²) in [6.45, 7) is 5.83. The van der Waals surface area contributed by atoms with E-state index in [-0.39, 0.29) is 0 Å². The molecular weight excluding hydrogens is 240 g/mol. The molecule has 0 unspecified atom stereocenters. The number of aldehydes is 1. The van der Waals surface area contributed by atoms with Gasteiger partial charge in [-0.25, -0.2) is 0 Å². The zero-order valence-corrected chi connectivity index (χ0v) is 10.9. The number of benzene rings is 1. The van der Waals surface area contributed by atoms with Gasteiger partial charge in [-0.1, -0.05) is 25.4 Å². The predicted octanol–water partition coefficient (Wildman–Crippen LogP) is 3.20. The molecule has 1 rings (SSSR count). The molecular formula is C13H17ClO3. The summed E-state index contributed by atoms with van der Waals surface area (Å²) in [7, 11) is 0. The first kappa shape index (κ1) is 14.0. The van der Waals surface area contributed by atoms with Crippen molar-refractivity contribution in [1.82, 2.24) is 0 Å². The van der Waals surface area contributed by atoms with Crippen molar-refractivity contribution in [3.63, 3.8) is 0 Å². The number of hydrogen-bond acceptors (Lipinski definition) is 3. The minimum absolute atomic E-state index is 0.426. The van der Waals surface area contributed by atoms with E-state index in [1.54, 1.807) is 18.2 Å². The number of ether oxygens (including phenoxy) is 2. The third-order valence-corrected chi connectivity index (χ3v) is 2.27. The summed E-state index contributed by atoms with van der Waals surface area (Å²) in [5, 5.41) is 0.524. The van der Waals surface area contributed by atoms with Crippen molar-refractivity contribution in [3.05, 3.63) is 28.8 Å². The molecule has 4 heteroatoms. The van der Waals surface area contributed by atoms with Gasteiger partial charge in [-0.2, -0.15) is 0 Å². The SMILES string of the molecule is CC(C)COCCOc1ccc(Cl)cc1C=O. The molecule has 0 saturated carbocycles. The van der Waals surface area contributed by atoms with E-state index in [1.165, 1.54) is 0 Å². The first-order chi connectivity index (χ1) is 8.13. The number of hydrogen-bond donors (Lipinski definition) is 0. The van der Waals surface area contributed by atoms with Gasteiger partial charge in [-0.3, -0.25) is 4.79 Å². The maximum absolute atomic E-state index is 10.8. The molecule has 1 aromatic carbocycles. The van der Waals surface area contributed by atoms with Gasteiger partial charge in [0.15, 0.2) is 6.29 Å². The van der Waals surface area contributed by atoms with E-state index in [1.807, 2.05) is 0 Å². The zero-order chi connectivity index (χ0) is 12.7. The predicted molar refractivity (Wildman–Crippen MR) is 68.0 cm³/mol. The quantitative estimate of drug-likeness (QED) is 0.555. The van der Waals surface area contributed by atoms with Gasteiger partial charge < -0.3 is 9.47 Å². The van der Waals surface area contributed by atoms with Crippen LogP contribution in [0.1, 0.15) is 24.2 Å². The minimum Gasteiger partial charge on any atom is -0.490 e. The fourth-order valence-corrected chi connectivity index (χ4v) is 1.45. The fraction of sp³-hybridized carbons (Fsp3) is 0.462. The molecule has 0 aliphatic carbocycles. The molecule has 0 atom stereocenters. The lowest BCUT2D eigenvalue weighted by Crippen LogP contribution is -2.10. The molecule has 0 N–H and O–H groups in total. The largest absolute Gasteiger partial charge is 0.490 e. The first-order valence-corrected chi connectivity index (χ1v) is 5.96. The zero-order valence-electron chi connectivity index (χ0n) is 10.1. The summed E-state index contributed by atoms with van der Waals surface area (Å²) >= 11 is 5.78. The van der Waals surface area contributed by atoms with E-state index < -0.39 is 0 Å². The van der Waals surface area contributed by atoms with E-state index in [9.17, 15) is 4.79 Å². The van der Waals surface area contributed by atoms with Crippen LogP contribution in [0.3, 0.4) is 0 Å². The Morgan fingerprint density at radius 1 is 1.35 bits per heavy atom. The molecule has 3 nitrogen and oxygen atoms in total. The molecule has 17 heavy (non-hydrogen) atoms. The van der Waals surface area contributed by atoms with Gasteiger partial charge in [0, 0.05) is 11.6 Å². The van der Waals surface area contributed by atoms with Crippen LogP contribution in [-0.2, 0) is 4.74 Å². The Hall–Kier alpha value is -1.06. The molecule has 0 aromatic heterocycles. The second-order valence-corrected chi connectivity index (χ2v) is 4.55. The lowest BCUT2D eigenvalue weighted by molar-refractivity contribution is 0.0814. The van der Waals surface area contributed by atoms with Crippen LogP contribution in [0.5, 0.6) is 5.75 Å². The molecule has 94 valence electrons. The highest BCUT2D eigenvalue weighted by Gasteiger charge is 2.03. The van der Waals surface area contributed by atoms with Crippen molar-refractivity contribution >= 4 is 17.9 Å². The van der Waals surface area contributed by atoms with Crippen molar-refractivity contribution in [2.75, 3.05) is 19.8 Å². The summed E-state index contributed by atoms with van der Waals surface area (Å²) < 4.78 is 10.8. The average Bonchev–Trinajstić information content (AvgIpc) is 2.29. The van der Waals surface area contributed by atoms with Gasteiger partial charge in [0.1, 0.15) is 12.4 Å². The monoisotopic (exact) mass is 256 g/mol. The highest BCUT2D eigenvalue weighted by Crippen LogP contribution is 2.21. The Labute approximate surface area is 107 Å². The number of rotatable bonds is 7.